The van der Waals surface area contributed by atoms with Crippen molar-refractivity contribution < 1.29 is 18.7 Å². The van der Waals surface area contributed by atoms with Crippen LogP contribution in [0.3, 0.4) is 0 Å². The maximum absolute atomic E-state index is 13.8. The molecular formula is C15H18FNO3. The molecule has 0 N–H and O–H groups in total. The van der Waals surface area contributed by atoms with Crippen molar-refractivity contribution in [3.8, 4) is 0 Å². The summed E-state index contributed by atoms with van der Waals surface area (Å²) in [6, 6.07) is 4.61. The molecule has 0 atom stereocenters. The molecule has 0 aliphatic carbocycles. The molecule has 1 aromatic rings. The fourth-order valence-electron chi connectivity index (χ4n) is 2.81. The van der Waals surface area contributed by atoms with Gasteiger partial charge in [0.25, 0.3) is 5.91 Å². The van der Waals surface area contributed by atoms with Crippen LogP contribution in [0.25, 0.3) is 0 Å². The number of hydrogen-bond donors (Lipinski definition) is 0. The van der Waals surface area contributed by atoms with E-state index < -0.39 is 11.6 Å². The van der Waals surface area contributed by atoms with Crippen LogP contribution in [0.4, 0.5) is 4.39 Å². The van der Waals surface area contributed by atoms with E-state index in [0.29, 0.717) is 39.1 Å². The van der Waals surface area contributed by atoms with Crippen molar-refractivity contribution >= 4 is 5.91 Å². The molecule has 1 spiro atoms. The molecule has 0 bridgehead atoms. The van der Waals surface area contributed by atoms with Crippen molar-refractivity contribution in [2.75, 3.05) is 26.3 Å². The molecule has 2 heterocycles. The lowest BCUT2D eigenvalue weighted by Crippen LogP contribution is -2.47. The number of carbonyl (C=O) groups excluding carboxylic acids is 1. The summed E-state index contributed by atoms with van der Waals surface area (Å²) in [6.45, 7) is 4.14. The smallest absolute Gasteiger partial charge is 0.256 e. The molecule has 2 fully saturated rings. The third kappa shape index (κ3) is 2.43. The first kappa shape index (κ1) is 13.5. The summed E-state index contributed by atoms with van der Waals surface area (Å²) in [7, 11) is 0. The van der Waals surface area contributed by atoms with E-state index in [1.165, 1.54) is 6.07 Å². The third-order valence-electron chi connectivity index (χ3n) is 3.98. The number of nitrogens with zero attached hydrogens (tertiary/aromatic N) is 1. The Morgan fingerprint density at radius 2 is 1.90 bits per heavy atom. The van der Waals surface area contributed by atoms with E-state index in [4.69, 9.17) is 9.47 Å². The second kappa shape index (κ2) is 5.14. The summed E-state index contributed by atoms with van der Waals surface area (Å²) in [5.41, 5.74) is 1.03. The number of ether oxygens (including phenoxy) is 2. The van der Waals surface area contributed by atoms with Gasteiger partial charge in [-0.25, -0.2) is 4.39 Å². The van der Waals surface area contributed by atoms with Gasteiger partial charge in [-0.2, -0.15) is 0 Å². The van der Waals surface area contributed by atoms with E-state index in [1.807, 2.05) is 6.92 Å². The molecule has 0 unspecified atom stereocenters. The topological polar surface area (TPSA) is 38.8 Å². The maximum atomic E-state index is 13.8. The third-order valence-corrected chi connectivity index (χ3v) is 3.98. The lowest BCUT2D eigenvalue weighted by atomic mass is 10.0. The van der Waals surface area contributed by atoms with Gasteiger partial charge >= 0.3 is 0 Å². The number of carbonyl (C=O) groups is 1. The van der Waals surface area contributed by atoms with Crippen molar-refractivity contribution in [2.24, 2.45) is 0 Å². The summed E-state index contributed by atoms with van der Waals surface area (Å²) in [5.74, 6) is -1.23. The van der Waals surface area contributed by atoms with E-state index in [1.54, 1.807) is 17.0 Å². The average molecular weight is 279 g/mol. The highest BCUT2D eigenvalue weighted by molar-refractivity contribution is 5.94. The summed E-state index contributed by atoms with van der Waals surface area (Å²) < 4.78 is 25.0. The Morgan fingerprint density at radius 3 is 2.55 bits per heavy atom. The highest BCUT2D eigenvalue weighted by Gasteiger charge is 2.41. The molecule has 20 heavy (non-hydrogen) atoms. The Balaban J connectivity index is 1.71. The Morgan fingerprint density at radius 1 is 1.25 bits per heavy atom. The lowest BCUT2D eigenvalue weighted by Gasteiger charge is -2.37. The van der Waals surface area contributed by atoms with Crippen molar-refractivity contribution in [2.45, 2.75) is 25.6 Å². The average Bonchev–Trinajstić information content (AvgIpc) is 2.90. The molecule has 108 valence electrons. The van der Waals surface area contributed by atoms with Crippen LogP contribution in [-0.4, -0.2) is 42.9 Å². The van der Waals surface area contributed by atoms with E-state index >= 15 is 0 Å². The van der Waals surface area contributed by atoms with Crippen LogP contribution in [-0.2, 0) is 9.47 Å². The van der Waals surface area contributed by atoms with Gasteiger partial charge in [-0.05, 0) is 19.1 Å². The second-order valence-electron chi connectivity index (χ2n) is 5.38. The predicted molar refractivity (Wildman–Crippen MR) is 70.9 cm³/mol. The first-order valence-corrected chi connectivity index (χ1v) is 6.93. The van der Waals surface area contributed by atoms with Crippen molar-refractivity contribution in [1.82, 2.24) is 4.90 Å². The number of piperidine rings is 1. The van der Waals surface area contributed by atoms with Gasteiger partial charge in [0.2, 0.25) is 0 Å². The molecule has 2 aliphatic rings. The standard InChI is InChI=1S/C15H18FNO3/c1-11-2-3-13(16)12(10-11)14(18)17-6-4-15(5-7-17)19-8-9-20-15/h2-3,10H,4-9H2,1H3. The van der Waals surface area contributed by atoms with Gasteiger partial charge in [-0.15, -0.1) is 0 Å². The zero-order valence-corrected chi connectivity index (χ0v) is 11.5. The summed E-state index contributed by atoms with van der Waals surface area (Å²) in [4.78, 5) is 14.1. The van der Waals surface area contributed by atoms with Gasteiger partial charge in [-0.1, -0.05) is 11.6 Å². The molecule has 0 saturated carbocycles. The highest BCUT2D eigenvalue weighted by Crippen LogP contribution is 2.31. The second-order valence-corrected chi connectivity index (χ2v) is 5.38. The Hall–Kier alpha value is -1.46. The SMILES string of the molecule is Cc1ccc(F)c(C(=O)N2CCC3(CC2)OCCO3)c1. The molecule has 0 aromatic heterocycles. The monoisotopic (exact) mass is 279 g/mol. The minimum atomic E-state index is -0.512. The first-order chi connectivity index (χ1) is 9.60. The fourth-order valence-corrected chi connectivity index (χ4v) is 2.81. The zero-order chi connectivity index (χ0) is 14.2. The van der Waals surface area contributed by atoms with Gasteiger partial charge in [0.1, 0.15) is 5.82 Å². The molecule has 3 rings (SSSR count). The number of rotatable bonds is 1. The minimum Gasteiger partial charge on any atom is -0.347 e. The van der Waals surface area contributed by atoms with Crippen LogP contribution in [0, 0.1) is 12.7 Å². The van der Waals surface area contributed by atoms with E-state index in [-0.39, 0.29) is 11.5 Å². The number of benzene rings is 1. The quantitative estimate of drug-likeness (QED) is 0.790. The predicted octanol–water partition coefficient (Wildman–Crippen LogP) is 2.11. The van der Waals surface area contributed by atoms with Crippen LogP contribution in [0.15, 0.2) is 18.2 Å². The first-order valence-electron chi connectivity index (χ1n) is 6.93. The molecule has 0 radical (unpaired) electrons. The van der Waals surface area contributed by atoms with Gasteiger partial charge in [-0.3, -0.25) is 4.79 Å². The van der Waals surface area contributed by atoms with Crippen LogP contribution in [0.2, 0.25) is 0 Å². The summed E-state index contributed by atoms with van der Waals surface area (Å²) >= 11 is 0. The van der Waals surface area contributed by atoms with E-state index in [9.17, 15) is 9.18 Å². The van der Waals surface area contributed by atoms with Gasteiger partial charge in [0, 0.05) is 25.9 Å². The Kier molecular flexibility index (Phi) is 3.48. The van der Waals surface area contributed by atoms with Crippen LogP contribution in [0.1, 0.15) is 28.8 Å². The molecule has 2 aliphatic heterocycles. The molecule has 5 heteroatoms. The largest absolute Gasteiger partial charge is 0.347 e. The number of aryl methyl sites for hydroxylation is 1. The number of halogens is 1. The van der Waals surface area contributed by atoms with E-state index in [0.717, 1.165) is 5.56 Å². The normalized spacial score (nSPS) is 21.4. The number of hydrogen-bond acceptors (Lipinski definition) is 3. The Labute approximate surface area is 117 Å². The van der Waals surface area contributed by atoms with Crippen molar-refractivity contribution in [1.29, 1.82) is 0 Å². The van der Waals surface area contributed by atoms with Gasteiger partial charge < -0.3 is 14.4 Å². The van der Waals surface area contributed by atoms with Crippen molar-refractivity contribution in [3.05, 3.63) is 35.1 Å². The number of likely N-dealkylation sites (tertiary alicyclic amines) is 1. The zero-order valence-electron chi connectivity index (χ0n) is 11.5. The van der Waals surface area contributed by atoms with Crippen LogP contribution >= 0.6 is 0 Å². The lowest BCUT2D eigenvalue weighted by molar-refractivity contribution is -0.181. The highest BCUT2D eigenvalue weighted by atomic mass is 19.1. The molecule has 1 aromatic carbocycles. The van der Waals surface area contributed by atoms with Crippen molar-refractivity contribution in [3.63, 3.8) is 0 Å². The van der Waals surface area contributed by atoms with Gasteiger partial charge in [0.05, 0.1) is 18.8 Å². The van der Waals surface area contributed by atoms with E-state index in [2.05, 4.69) is 0 Å². The van der Waals surface area contributed by atoms with Crippen LogP contribution in [0.5, 0.6) is 0 Å². The summed E-state index contributed by atoms with van der Waals surface area (Å²) in [5, 5.41) is 0. The number of amides is 1. The summed E-state index contributed by atoms with van der Waals surface area (Å²) in [6.07, 6.45) is 1.29. The molecule has 1 amide bonds. The van der Waals surface area contributed by atoms with Gasteiger partial charge in [0.15, 0.2) is 5.79 Å². The molecular weight excluding hydrogens is 261 g/mol. The fraction of sp³-hybridized carbons (Fsp3) is 0.533. The van der Waals surface area contributed by atoms with Crippen LogP contribution < -0.4 is 0 Å². The minimum absolute atomic E-state index is 0.147. The Bertz CT molecular complexity index is 516. The molecule has 4 nitrogen and oxygen atoms in total. The maximum Gasteiger partial charge on any atom is 0.256 e. The molecule has 2 saturated heterocycles.